The van der Waals surface area contributed by atoms with Gasteiger partial charge in [-0.2, -0.15) is 0 Å². The van der Waals surface area contributed by atoms with Gasteiger partial charge in [0.25, 0.3) is 5.91 Å². The van der Waals surface area contributed by atoms with Gasteiger partial charge >= 0.3 is 0 Å². The predicted octanol–water partition coefficient (Wildman–Crippen LogP) is 2.47. The minimum absolute atomic E-state index is 0.0187. The van der Waals surface area contributed by atoms with Crippen molar-refractivity contribution in [1.29, 1.82) is 0 Å². The van der Waals surface area contributed by atoms with Gasteiger partial charge in [-0.15, -0.1) is 0 Å². The van der Waals surface area contributed by atoms with E-state index in [9.17, 15) is 4.79 Å². The number of benzene rings is 1. The molecular weight excluding hydrogens is 286 g/mol. The Hall–Kier alpha value is -1.39. The van der Waals surface area contributed by atoms with E-state index in [1.807, 2.05) is 12.1 Å². The third-order valence-corrected chi connectivity index (χ3v) is 4.41. The Kier molecular flexibility index (Phi) is 6.19. The Morgan fingerprint density at radius 1 is 1.30 bits per heavy atom. The highest BCUT2D eigenvalue weighted by Crippen LogP contribution is 2.23. The monoisotopic (exact) mass is 317 g/mol. The lowest BCUT2D eigenvalue weighted by Gasteiger charge is -2.28. The molecule has 1 aromatic carbocycles. The Morgan fingerprint density at radius 3 is 2.57 bits per heavy atom. The van der Waals surface area contributed by atoms with Crippen LogP contribution in [0.4, 0.5) is 0 Å². The summed E-state index contributed by atoms with van der Waals surface area (Å²) in [7, 11) is 4.12. The van der Waals surface area contributed by atoms with Gasteiger partial charge in [0.2, 0.25) is 0 Å². The van der Waals surface area contributed by atoms with E-state index < -0.39 is 0 Å². The van der Waals surface area contributed by atoms with Crippen LogP contribution in [0.2, 0.25) is 0 Å². The minimum atomic E-state index is 0.0187. The molecule has 128 valence electrons. The molecule has 1 aliphatic rings. The molecule has 23 heavy (non-hydrogen) atoms. The zero-order valence-electron chi connectivity index (χ0n) is 15.0. The highest BCUT2D eigenvalue weighted by atomic mass is 16.1. The molecule has 1 fully saturated rings. The van der Waals surface area contributed by atoms with Crippen LogP contribution in [0.1, 0.15) is 48.5 Å². The fourth-order valence-corrected chi connectivity index (χ4v) is 3.38. The Bertz CT molecular complexity index is 502. The second-order valence-corrected chi connectivity index (χ2v) is 7.75. The lowest BCUT2D eigenvalue weighted by atomic mass is 9.91. The normalized spacial score (nSPS) is 18.9. The van der Waals surface area contributed by atoms with Gasteiger partial charge in [-0.25, -0.2) is 0 Å². The molecule has 0 unspecified atom stereocenters. The van der Waals surface area contributed by atoms with Gasteiger partial charge in [0.15, 0.2) is 0 Å². The molecule has 2 N–H and O–H groups in total. The van der Waals surface area contributed by atoms with E-state index in [2.05, 4.69) is 55.6 Å². The molecule has 0 bridgehead atoms. The zero-order valence-corrected chi connectivity index (χ0v) is 15.0. The second kappa shape index (κ2) is 7.93. The van der Waals surface area contributed by atoms with E-state index in [1.54, 1.807) is 0 Å². The van der Waals surface area contributed by atoms with Crippen LogP contribution in [0.15, 0.2) is 24.3 Å². The van der Waals surface area contributed by atoms with Crippen molar-refractivity contribution in [3.05, 3.63) is 35.4 Å². The molecule has 0 radical (unpaired) electrons. The standard InChI is InChI=1S/C19H31N3O/c1-19(2,14-22(3)4)13-21-18(23)16-9-7-15(8-10-16)17-6-5-11-20-12-17/h7-10,17,20H,5-6,11-14H2,1-4H3,(H,21,23)/t17-/m1/s1. The van der Waals surface area contributed by atoms with Crippen LogP contribution >= 0.6 is 0 Å². The summed E-state index contributed by atoms with van der Waals surface area (Å²) in [6.45, 7) is 8.14. The first-order valence-corrected chi connectivity index (χ1v) is 8.61. The summed E-state index contributed by atoms with van der Waals surface area (Å²) in [6, 6.07) is 8.13. The van der Waals surface area contributed by atoms with Crippen LogP contribution in [-0.2, 0) is 0 Å². The van der Waals surface area contributed by atoms with Gasteiger partial charge in [0.1, 0.15) is 0 Å². The SMILES string of the molecule is CN(C)CC(C)(C)CNC(=O)c1ccc([C@@H]2CCCNC2)cc1. The molecule has 1 saturated heterocycles. The van der Waals surface area contributed by atoms with Gasteiger partial charge in [-0.05, 0) is 62.5 Å². The Labute approximate surface area is 140 Å². The summed E-state index contributed by atoms with van der Waals surface area (Å²) < 4.78 is 0. The molecule has 1 amide bonds. The predicted molar refractivity (Wildman–Crippen MR) is 96.0 cm³/mol. The van der Waals surface area contributed by atoms with Crippen molar-refractivity contribution >= 4 is 5.91 Å². The number of rotatable bonds is 6. The van der Waals surface area contributed by atoms with Crippen LogP contribution in [0.5, 0.6) is 0 Å². The fraction of sp³-hybridized carbons (Fsp3) is 0.632. The number of hydrogen-bond donors (Lipinski definition) is 2. The van der Waals surface area contributed by atoms with Crippen molar-refractivity contribution in [3.63, 3.8) is 0 Å². The van der Waals surface area contributed by atoms with Crippen molar-refractivity contribution in [1.82, 2.24) is 15.5 Å². The largest absolute Gasteiger partial charge is 0.351 e. The van der Waals surface area contributed by atoms with Crippen LogP contribution in [0.25, 0.3) is 0 Å². The topological polar surface area (TPSA) is 44.4 Å². The van der Waals surface area contributed by atoms with Gasteiger partial charge < -0.3 is 15.5 Å². The molecule has 4 nitrogen and oxygen atoms in total. The van der Waals surface area contributed by atoms with Crippen molar-refractivity contribution in [2.45, 2.75) is 32.6 Å². The molecule has 0 aromatic heterocycles. The van der Waals surface area contributed by atoms with Gasteiger partial charge in [0.05, 0.1) is 0 Å². The molecular formula is C19H31N3O. The van der Waals surface area contributed by atoms with Crippen LogP contribution in [0.3, 0.4) is 0 Å². The van der Waals surface area contributed by atoms with Gasteiger partial charge in [-0.3, -0.25) is 4.79 Å². The number of hydrogen-bond acceptors (Lipinski definition) is 3. The van der Waals surface area contributed by atoms with Gasteiger partial charge in [-0.1, -0.05) is 26.0 Å². The van der Waals surface area contributed by atoms with Crippen LogP contribution in [-0.4, -0.2) is 51.1 Å². The maximum Gasteiger partial charge on any atom is 0.251 e. The molecule has 0 saturated carbocycles. The van der Waals surface area contributed by atoms with E-state index in [0.717, 1.165) is 25.2 Å². The minimum Gasteiger partial charge on any atom is -0.351 e. The fourth-order valence-electron chi connectivity index (χ4n) is 3.38. The summed E-state index contributed by atoms with van der Waals surface area (Å²) >= 11 is 0. The summed E-state index contributed by atoms with van der Waals surface area (Å²) in [5.74, 6) is 0.602. The van der Waals surface area contributed by atoms with E-state index in [4.69, 9.17) is 0 Å². The number of piperidine rings is 1. The van der Waals surface area contributed by atoms with Crippen molar-refractivity contribution < 1.29 is 4.79 Å². The number of carbonyl (C=O) groups excluding carboxylic acids is 1. The lowest BCUT2D eigenvalue weighted by molar-refractivity contribution is 0.0929. The summed E-state index contributed by atoms with van der Waals surface area (Å²) in [5.41, 5.74) is 2.15. The van der Waals surface area contributed by atoms with Crippen LogP contribution < -0.4 is 10.6 Å². The van der Waals surface area contributed by atoms with E-state index in [-0.39, 0.29) is 11.3 Å². The zero-order chi connectivity index (χ0) is 16.9. The summed E-state index contributed by atoms with van der Waals surface area (Å²) in [5, 5.41) is 6.51. The summed E-state index contributed by atoms with van der Waals surface area (Å²) in [6.07, 6.45) is 2.46. The average molecular weight is 317 g/mol. The molecule has 1 heterocycles. The van der Waals surface area contributed by atoms with Crippen molar-refractivity contribution in [2.24, 2.45) is 5.41 Å². The number of carbonyl (C=O) groups is 1. The average Bonchev–Trinajstić information content (AvgIpc) is 2.52. The first-order chi connectivity index (χ1) is 10.9. The second-order valence-electron chi connectivity index (χ2n) is 7.75. The quantitative estimate of drug-likeness (QED) is 0.847. The van der Waals surface area contributed by atoms with E-state index in [1.165, 1.54) is 18.4 Å². The maximum atomic E-state index is 12.3. The van der Waals surface area contributed by atoms with Crippen LogP contribution in [0, 0.1) is 5.41 Å². The Balaban J connectivity index is 1.89. The number of nitrogens with zero attached hydrogens (tertiary/aromatic N) is 1. The number of amides is 1. The van der Waals surface area contributed by atoms with Gasteiger partial charge in [0, 0.05) is 25.2 Å². The molecule has 1 aliphatic heterocycles. The highest BCUT2D eigenvalue weighted by Gasteiger charge is 2.20. The molecule has 0 aliphatic carbocycles. The molecule has 1 atom stereocenters. The third-order valence-electron chi connectivity index (χ3n) is 4.41. The first-order valence-electron chi connectivity index (χ1n) is 8.61. The first kappa shape index (κ1) is 18.0. The van der Waals surface area contributed by atoms with Crippen molar-refractivity contribution in [2.75, 3.05) is 40.3 Å². The third kappa shape index (κ3) is 5.63. The molecule has 2 rings (SSSR count). The lowest BCUT2D eigenvalue weighted by Crippen LogP contribution is -2.39. The Morgan fingerprint density at radius 2 is 2.00 bits per heavy atom. The molecule has 4 heteroatoms. The van der Waals surface area contributed by atoms with E-state index >= 15 is 0 Å². The van der Waals surface area contributed by atoms with E-state index in [0.29, 0.717) is 12.5 Å². The number of nitrogens with one attached hydrogen (secondary N) is 2. The highest BCUT2D eigenvalue weighted by molar-refractivity contribution is 5.94. The maximum absolute atomic E-state index is 12.3. The summed E-state index contributed by atoms with van der Waals surface area (Å²) in [4.78, 5) is 14.5. The molecule has 0 spiro atoms. The molecule has 1 aromatic rings. The smallest absolute Gasteiger partial charge is 0.251 e. The van der Waals surface area contributed by atoms with Crippen molar-refractivity contribution in [3.8, 4) is 0 Å².